The van der Waals surface area contributed by atoms with Crippen LogP contribution in [0.2, 0.25) is 0 Å². The van der Waals surface area contributed by atoms with E-state index in [1.165, 1.54) is 16.9 Å². The molecule has 0 aromatic carbocycles. The Balaban J connectivity index is 2.43. The SMILES string of the molecule is CCNc1ncc(Br)cc1S(=O)(=O)Nc1ccnn1C. The standard InChI is InChI=1S/C11H14BrN5O2S/c1-3-13-11-9(6-8(12)7-14-11)20(18,19)16-10-4-5-15-17(10)2/h4-7,16H,3H2,1-2H3,(H,13,14). The van der Waals surface area contributed by atoms with Crippen molar-refractivity contribution < 1.29 is 8.42 Å². The highest BCUT2D eigenvalue weighted by atomic mass is 79.9. The number of rotatable bonds is 5. The summed E-state index contributed by atoms with van der Waals surface area (Å²) in [5.41, 5.74) is 0. The van der Waals surface area contributed by atoms with E-state index in [2.05, 4.69) is 36.1 Å². The maximum atomic E-state index is 12.4. The lowest BCUT2D eigenvalue weighted by molar-refractivity contribution is 0.600. The van der Waals surface area contributed by atoms with Crippen LogP contribution >= 0.6 is 15.9 Å². The minimum atomic E-state index is -3.75. The van der Waals surface area contributed by atoms with E-state index in [1.807, 2.05) is 6.92 Å². The van der Waals surface area contributed by atoms with Crippen molar-refractivity contribution >= 4 is 37.6 Å². The molecule has 20 heavy (non-hydrogen) atoms. The third kappa shape index (κ3) is 3.10. The number of anilines is 2. The highest BCUT2D eigenvalue weighted by Crippen LogP contribution is 2.24. The predicted octanol–water partition coefficient (Wildman–Crippen LogP) is 1.81. The number of aromatic nitrogens is 3. The molecule has 2 N–H and O–H groups in total. The van der Waals surface area contributed by atoms with Gasteiger partial charge in [0.05, 0.1) is 6.20 Å². The van der Waals surface area contributed by atoms with Gasteiger partial charge in [-0.1, -0.05) is 0 Å². The summed E-state index contributed by atoms with van der Waals surface area (Å²) in [5.74, 6) is 0.692. The Hall–Kier alpha value is -1.61. The summed E-state index contributed by atoms with van der Waals surface area (Å²) < 4.78 is 29.4. The molecule has 0 spiro atoms. The van der Waals surface area contributed by atoms with Gasteiger partial charge in [0.1, 0.15) is 16.5 Å². The van der Waals surface area contributed by atoms with Gasteiger partial charge in [-0.25, -0.2) is 13.4 Å². The number of hydrogen-bond donors (Lipinski definition) is 2. The molecule has 2 aromatic heterocycles. The average Bonchev–Trinajstić information content (AvgIpc) is 2.77. The third-order valence-corrected chi connectivity index (χ3v) is 4.31. The molecule has 0 saturated heterocycles. The second-order valence-corrected chi connectivity index (χ2v) is 6.54. The van der Waals surface area contributed by atoms with Crippen LogP contribution in [0.5, 0.6) is 0 Å². The Morgan fingerprint density at radius 2 is 2.20 bits per heavy atom. The van der Waals surface area contributed by atoms with Crippen LogP contribution in [0.1, 0.15) is 6.92 Å². The van der Waals surface area contributed by atoms with Crippen molar-refractivity contribution in [3.8, 4) is 0 Å². The number of sulfonamides is 1. The number of nitrogens with one attached hydrogen (secondary N) is 2. The number of nitrogens with zero attached hydrogens (tertiary/aromatic N) is 3. The van der Waals surface area contributed by atoms with Gasteiger partial charge in [-0.2, -0.15) is 5.10 Å². The average molecular weight is 360 g/mol. The molecule has 0 aliphatic heterocycles. The molecule has 0 radical (unpaired) electrons. The van der Waals surface area contributed by atoms with E-state index in [4.69, 9.17) is 0 Å². The fourth-order valence-electron chi connectivity index (χ4n) is 1.59. The molecule has 0 unspecified atom stereocenters. The van der Waals surface area contributed by atoms with Gasteiger partial charge < -0.3 is 5.32 Å². The van der Waals surface area contributed by atoms with Crippen LogP contribution in [0.25, 0.3) is 0 Å². The first kappa shape index (κ1) is 14.8. The van der Waals surface area contributed by atoms with E-state index < -0.39 is 10.0 Å². The van der Waals surface area contributed by atoms with Crippen LogP contribution in [0.3, 0.4) is 0 Å². The molecule has 0 bridgehead atoms. The normalized spacial score (nSPS) is 11.3. The zero-order valence-corrected chi connectivity index (χ0v) is 13.4. The van der Waals surface area contributed by atoms with Crippen LogP contribution in [0, 0.1) is 0 Å². The fourth-order valence-corrected chi connectivity index (χ4v) is 3.32. The molecule has 108 valence electrons. The highest BCUT2D eigenvalue weighted by molar-refractivity contribution is 9.10. The molecule has 0 fully saturated rings. The minimum Gasteiger partial charge on any atom is -0.369 e. The van der Waals surface area contributed by atoms with E-state index in [9.17, 15) is 8.42 Å². The highest BCUT2D eigenvalue weighted by Gasteiger charge is 2.21. The molecule has 0 saturated carbocycles. The summed E-state index contributed by atoms with van der Waals surface area (Å²) in [4.78, 5) is 4.17. The Kier molecular flexibility index (Phi) is 4.29. The molecular weight excluding hydrogens is 346 g/mol. The molecule has 2 aromatic rings. The summed E-state index contributed by atoms with van der Waals surface area (Å²) in [7, 11) is -2.09. The lowest BCUT2D eigenvalue weighted by atomic mass is 10.4. The van der Waals surface area contributed by atoms with Crippen molar-refractivity contribution in [2.75, 3.05) is 16.6 Å². The molecule has 2 rings (SSSR count). The summed E-state index contributed by atoms with van der Waals surface area (Å²) in [6.45, 7) is 2.44. The van der Waals surface area contributed by atoms with Gasteiger partial charge in [0.25, 0.3) is 10.0 Å². The maximum Gasteiger partial charge on any atom is 0.266 e. The predicted molar refractivity (Wildman–Crippen MR) is 80.1 cm³/mol. The van der Waals surface area contributed by atoms with Crippen LogP contribution in [-0.2, 0) is 17.1 Å². The van der Waals surface area contributed by atoms with Gasteiger partial charge in [0.15, 0.2) is 0 Å². The van der Waals surface area contributed by atoms with Crippen molar-refractivity contribution in [3.05, 3.63) is 29.0 Å². The van der Waals surface area contributed by atoms with Crippen molar-refractivity contribution in [2.45, 2.75) is 11.8 Å². The quantitative estimate of drug-likeness (QED) is 0.849. The van der Waals surface area contributed by atoms with Crippen molar-refractivity contribution in [1.29, 1.82) is 0 Å². The summed E-state index contributed by atoms with van der Waals surface area (Å²) in [6, 6.07) is 3.08. The minimum absolute atomic E-state index is 0.0786. The van der Waals surface area contributed by atoms with Crippen molar-refractivity contribution in [3.63, 3.8) is 0 Å². The van der Waals surface area contributed by atoms with Gasteiger partial charge in [-0.15, -0.1) is 0 Å². The van der Waals surface area contributed by atoms with Crippen LogP contribution in [0.15, 0.2) is 33.9 Å². The summed E-state index contributed by atoms with van der Waals surface area (Å²) >= 11 is 3.23. The van der Waals surface area contributed by atoms with E-state index in [0.717, 1.165) is 0 Å². The second-order valence-electron chi connectivity index (χ2n) is 3.98. The lowest BCUT2D eigenvalue weighted by Gasteiger charge is -2.12. The van der Waals surface area contributed by atoms with E-state index in [0.29, 0.717) is 22.7 Å². The van der Waals surface area contributed by atoms with Crippen LogP contribution in [0.4, 0.5) is 11.6 Å². The second kappa shape index (κ2) is 5.80. The van der Waals surface area contributed by atoms with Crippen molar-refractivity contribution in [2.24, 2.45) is 7.05 Å². The largest absolute Gasteiger partial charge is 0.369 e. The Bertz CT molecular complexity index is 713. The van der Waals surface area contributed by atoms with Crippen LogP contribution < -0.4 is 10.0 Å². The molecule has 9 heteroatoms. The van der Waals surface area contributed by atoms with Gasteiger partial charge in [-0.3, -0.25) is 9.40 Å². The first-order chi connectivity index (χ1) is 9.44. The molecule has 0 amide bonds. The van der Waals surface area contributed by atoms with Gasteiger partial charge >= 0.3 is 0 Å². The van der Waals surface area contributed by atoms with E-state index >= 15 is 0 Å². The molecular formula is C11H14BrN5O2S. The van der Waals surface area contributed by atoms with Crippen LogP contribution in [-0.4, -0.2) is 29.7 Å². The fraction of sp³-hybridized carbons (Fsp3) is 0.273. The van der Waals surface area contributed by atoms with Crippen molar-refractivity contribution in [1.82, 2.24) is 14.8 Å². The van der Waals surface area contributed by atoms with E-state index in [1.54, 1.807) is 19.3 Å². The Morgan fingerprint density at radius 3 is 2.80 bits per heavy atom. The first-order valence-electron chi connectivity index (χ1n) is 5.84. The Morgan fingerprint density at radius 1 is 1.45 bits per heavy atom. The number of hydrogen-bond acceptors (Lipinski definition) is 5. The number of pyridine rings is 1. The molecule has 0 aliphatic carbocycles. The molecule has 0 aliphatic rings. The molecule has 0 atom stereocenters. The monoisotopic (exact) mass is 359 g/mol. The Labute approximate surface area is 125 Å². The smallest absolute Gasteiger partial charge is 0.266 e. The zero-order chi connectivity index (χ0) is 14.8. The van der Waals surface area contributed by atoms with Gasteiger partial charge in [0, 0.05) is 30.3 Å². The lowest BCUT2D eigenvalue weighted by Crippen LogP contribution is -2.18. The summed E-state index contributed by atoms with van der Waals surface area (Å²) in [6.07, 6.45) is 3.06. The first-order valence-corrected chi connectivity index (χ1v) is 8.12. The zero-order valence-electron chi connectivity index (χ0n) is 11.0. The third-order valence-electron chi connectivity index (χ3n) is 2.51. The molecule has 2 heterocycles. The molecule has 7 nitrogen and oxygen atoms in total. The van der Waals surface area contributed by atoms with E-state index in [-0.39, 0.29) is 4.90 Å². The summed E-state index contributed by atoms with van der Waals surface area (Å²) in [5, 5.41) is 6.85. The number of halogens is 1. The topological polar surface area (TPSA) is 88.9 Å². The van der Waals surface area contributed by atoms with Gasteiger partial charge in [0.2, 0.25) is 0 Å². The number of aryl methyl sites for hydroxylation is 1. The van der Waals surface area contributed by atoms with Gasteiger partial charge in [-0.05, 0) is 28.9 Å². The maximum absolute atomic E-state index is 12.4.